The first-order valence-corrected chi connectivity index (χ1v) is 3.74. The molecule has 0 aliphatic carbocycles. The number of nitrogens with zero attached hydrogens (tertiary/aromatic N) is 3. The maximum atomic E-state index is 4.04. The molecule has 1 aromatic rings. The summed E-state index contributed by atoms with van der Waals surface area (Å²) in [5.41, 5.74) is 0. The molecule has 11 heavy (non-hydrogen) atoms. The van der Waals surface area contributed by atoms with Gasteiger partial charge in [-0.05, 0) is 0 Å². The monoisotopic (exact) mass is 154 g/mol. The summed E-state index contributed by atoms with van der Waals surface area (Å²) in [5, 5.41) is 11.0. The van der Waals surface area contributed by atoms with Crippen molar-refractivity contribution in [2.24, 2.45) is 7.05 Å². The van der Waals surface area contributed by atoms with Gasteiger partial charge in [-0.25, -0.2) is 0 Å². The average molecular weight is 154 g/mol. The quantitative estimate of drug-likeness (QED) is 0.690. The molecule has 0 atom stereocenters. The molecular formula is C7H14N4. The van der Waals surface area contributed by atoms with Gasteiger partial charge >= 0.3 is 0 Å². The molecular weight excluding hydrogens is 140 g/mol. The maximum absolute atomic E-state index is 4.04. The third kappa shape index (κ3) is 1.34. The summed E-state index contributed by atoms with van der Waals surface area (Å²) in [6.45, 7) is 4.20. The number of hydrogen-bond donors (Lipinski definition) is 1. The molecule has 1 heterocycles. The zero-order valence-corrected chi connectivity index (χ0v) is 7.42. The van der Waals surface area contributed by atoms with Gasteiger partial charge in [-0.3, -0.25) is 0 Å². The predicted molar refractivity (Wildman–Crippen MR) is 44.6 cm³/mol. The zero-order valence-electron chi connectivity index (χ0n) is 7.42. The summed E-state index contributed by atoms with van der Waals surface area (Å²) in [6.07, 6.45) is 0. The number of aromatic nitrogens is 3. The molecule has 0 unspecified atom stereocenters. The highest BCUT2D eigenvalue weighted by atomic mass is 15.3. The average Bonchev–Trinajstić information content (AvgIpc) is 2.30. The molecule has 0 saturated carbocycles. The second-order valence-electron chi connectivity index (χ2n) is 2.85. The standard InChI is InChI=1S/C7H14N4/c1-5(2)6-9-10-7(8-3)11(6)4/h5H,1-4H3,(H,8,10). The number of hydrogen-bond acceptors (Lipinski definition) is 3. The van der Waals surface area contributed by atoms with Crippen molar-refractivity contribution in [3.05, 3.63) is 5.82 Å². The second kappa shape index (κ2) is 2.90. The largest absolute Gasteiger partial charge is 0.357 e. The van der Waals surface area contributed by atoms with Gasteiger partial charge in [0.1, 0.15) is 5.82 Å². The molecule has 0 fully saturated rings. The predicted octanol–water partition coefficient (Wildman–Crippen LogP) is 0.980. The van der Waals surface area contributed by atoms with Gasteiger partial charge in [0.15, 0.2) is 0 Å². The van der Waals surface area contributed by atoms with Crippen molar-refractivity contribution in [2.45, 2.75) is 19.8 Å². The Labute approximate surface area is 66.6 Å². The maximum Gasteiger partial charge on any atom is 0.224 e. The fourth-order valence-corrected chi connectivity index (χ4v) is 1.06. The molecule has 1 N–H and O–H groups in total. The summed E-state index contributed by atoms with van der Waals surface area (Å²) in [5.74, 6) is 2.25. The van der Waals surface area contributed by atoms with Gasteiger partial charge in [0, 0.05) is 20.0 Å². The molecule has 0 amide bonds. The summed E-state index contributed by atoms with van der Waals surface area (Å²) in [6, 6.07) is 0. The highest BCUT2D eigenvalue weighted by molar-refractivity contribution is 5.24. The minimum absolute atomic E-state index is 0.426. The first-order chi connectivity index (χ1) is 5.16. The van der Waals surface area contributed by atoms with Crippen LogP contribution in [0.15, 0.2) is 0 Å². The summed E-state index contributed by atoms with van der Waals surface area (Å²) < 4.78 is 1.96. The SMILES string of the molecule is CNc1nnc(C(C)C)n1C. The van der Waals surface area contributed by atoms with Crippen molar-refractivity contribution < 1.29 is 0 Å². The molecule has 4 heteroatoms. The van der Waals surface area contributed by atoms with E-state index in [9.17, 15) is 0 Å². The van der Waals surface area contributed by atoms with Crippen LogP contribution in [0.1, 0.15) is 25.6 Å². The van der Waals surface area contributed by atoms with E-state index in [1.165, 1.54) is 0 Å². The lowest BCUT2D eigenvalue weighted by atomic mass is 10.2. The first-order valence-electron chi connectivity index (χ1n) is 3.74. The molecule has 0 aromatic carbocycles. The van der Waals surface area contributed by atoms with E-state index in [1.807, 2.05) is 18.7 Å². The number of rotatable bonds is 2. The Kier molecular flexibility index (Phi) is 2.12. The molecule has 0 spiro atoms. The van der Waals surface area contributed by atoms with Crippen LogP contribution < -0.4 is 5.32 Å². The van der Waals surface area contributed by atoms with Gasteiger partial charge in [0.2, 0.25) is 5.95 Å². The van der Waals surface area contributed by atoms with E-state index in [0.717, 1.165) is 11.8 Å². The van der Waals surface area contributed by atoms with E-state index in [0.29, 0.717) is 5.92 Å². The molecule has 0 aliphatic heterocycles. The smallest absolute Gasteiger partial charge is 0.224 e. The third-order valence-corrected chi connectivity index (χ3v) is 1.65. The summed E-state index contributed by atoms with van der Waals surface area (Å²) in [7, 11) is 3.80. The molecule has 0 aliphatic rings. The van der Waals surface area contributed by atoms with E-state index < -0.39 is 0 Å². The second-order valence-corrected chi connectivity index (χ2v) is 2.85. The Morgan fingerprint density at radius 1 is 1.36 bits per heavy atom. The lowest BCUT2D eigenvalue weighted by Crippen LogP contribution is -2.03. The lowest BCUT2D eigenvalue weighted by Gasteiger charge is -2.04. The van der Waals surface area contributed by atoms with E-state index in [2.05, 4.69) is 29.4 Å². The van der Waals surface area contributed by atoms with Crippen LogP contribution in [-0.4, -0.2) is 21.8 Å². The van der Waals surface area contributed by atoms with Crippen LogP contribution in [-0.2, 0) is 7.05 Å². The fourth-order valence-electron chi connectivity index (χ4n) is 1.06. The Morgan fingerprint density at radius 3 is 2.27 bits per heavy atom. The van der Waals surface area contributed by atoms with Crippen LogP contribution >= 0.6 is 0 Å². The normalized spacial score (nSPS) is 10.6. The molecule has 4 nitrogen and oxygen atoms in total. The van der Waals surface area contributed by atoms with E-state index in [4.69, 9.17) is 0 Å². The lowest BCUT2D eigenvalue weighted by molar-refractivity contribution is 0.711. The number of anilines is 1. The van der Waals surface area contributed by atoms with Crippen molar-refractivity contribution in [3.8, 4) is 0 Å². The summed E-state index contributed by atoms with van der Waals surface area (Å²) in [4.78, 5) is 0. The molecule has 0 radical (unpaired) electrons. The van der Waals surface area contributed by atoms with Gasteiger partial charge in [0.25, 0.3) is 0 Å². The molecule has 1 rings (SSSR count). The van der Waals surface area contributed by atoms with Crippen LogP contribution in [0.3, 0.4) is 0 Å². The fraction of sp³-hybridized carbons (Fsp3) is 0.714. The van der Waals surface area contributed by atoms with Crippen molar-refractivity contribution in [3.63, 3.8) is 0 Å². The molecule has 62 valence electrons. The summed E-state index contributed by atoms with van der Waals surface area (Å²) >= 11 is 0. The third-order valence-electron chi connectivity index (χ3n) is 1.65. The Hall–Kier alpha value is -1.06. The van der Waals surface area contributed by atoms with E-state index in [1.54, 1.807) is 0 Å². The van der Waals surface area contributed by atoms with Crippen LogP contribution in [0.2, 0.25) is 0 Å². The van der Waals surface area contributed by atoms with Gasteiger partial charge in [-0.15, -0.1) is 10.2 Å². The van der Waals surface area contributed by atoms with Crippen molar-refractivity contribution in [2.75, 3.05) is 12.4 Å². The molecule has 0 saturated heterocycles. The van der Waals surface area contributed by atoms with Crippen molar-refractivity contribution >= 4 is 5.95 Å². The first kappa shape index (κ1) is 8.04. The van der Waals surface area contributed by atoms with Gasteiger partial charge < -0.3 is 9.88 Å². The Balaban J connectivity index is 3.00. The Morgan fingerprint density at radius 2 is 2.00 bits per heavy atom. The minimum atomic E-state index is 0.426. The molecule has 0 bridgehead atoms. The van der Waals surface area contributed by atoms with E-state index in [-0.39, 0.29) is 0 Å². The van der Waals surface area contributed by atoms with Gasteiger partial charge in [-0.1, -0.05) is 13.8 Å². The van der Waals surface area contributed by atoms with Gasteiger partial charge in [0.05, 0.1) is 0 Å². The highest BCUT2D eigenvalue weighted by Gasteiger charge is 2.09. The van der Waals surface area contributed by atoms with Crippen molar-refractivity contribution in [1.29, 1.82) is 0 Å². The van der Waals surface area contributed by atoms with Crippen LogP contribution in [0.5, 0.6) is 0 Å². The van der Waals surface area contributed by atoms with Crippen molar-refractivity contribution in [1.82, 2.24) is 14.8 Å². The Bertz CT molecular complexity index is 239. The van der Waals surface area contributed by atoms with Gasteiger partial charge in [-0.2, -0.15) is 0 Å². The highest BCUT2D eigenvalue weighted by Crippen LogP contribution is 2.13. The topological polar surface area (TPSA) is 42.7 Å². The molecule has 1 aromatic heterocycles. The minimum Gasteiger partial charge on any atom is -0.357 e. The van der Waals surface area contributed by atoms with Crippen LogP contribution in [0.25, 0.3) is 0 Å². The van der Waals surface area contributed by atoms with Crippen LogP contribution in [0, 0.1) is 0 Å². The van der Waals surface area contributed by atoms with Crippen LogP contribution in [0.4, 0.5) is 5.95 Å². The number of nitrogens with one attached hydrogen (secondary N) is 1. The zero-order chi connectivity index (χ0) is 8.43. The van der Waals surface area contributed by atoms with E-state index >= 15 is 0 Å².